The van der Waals surface area contributed by atoms with Crippen molar-refractivity contribution >= 4 is 10.2 Å². The molecule has 50 valence electrons. The first-order valence-corrected chi connectivity index (χ1v) is 3.34. The average molecular weight is 140 g/mol. The molecule has 0 aliphatic carbocycles. The van der Waals surface area contributed by atoms with E-state index in [2.05, 4.69) is 4.84 Å². The molecule has 0 saturated heterocycles. The molecule has 0 aromatic heterocycles. The second-order valence-electron chi connectivity index (χ2n) is 0.995. The van der Waals surface area contributed by atoms with E-state index in [-0.39, 0.29) is 0 Å². The summed E-state index contributed by atoms with van der Waals surface area (Å²) in [5.41, 5.74) is 0. The maximum Gasteiger partial charge on any atom is 0.298 e. The molecular formula is C2H8N2O3S. The minimum absolute atomic E-state index is 1.22. The number of hydrogen-bond donors (Lipinski definition) is 2. The summed E-state index contributed by atoms with van der Waals surface area (Å²) < 4.78 is 22.5. The van der Waals surface area contributed by atoms with Gasteiger partial charge in [0.1, 0.15) is 0 Å². The molecule has 0 saturated carbocycles. The van der Waals surface area contributed by atoms with Crippen LogP contribution in [-0.4, -0.2) is 22.6 Å². The molecule has 0 aliphatic heterocycles. The van der Waals surface area contributed by atoms with Crippen LogP contribution in [0, 0.1) is 0 Å². The topological polar surface area (TPSA) is 67.4 Å². The summed E-state index contributed by atoms with van der Waals surface area (Å²) in [5, 5.41) is 0. The fraction of sp³-hybridized carbons (Fsp3) is 1.00. The van der Waals surface area contributed by atoms with E-state index < -0.39 is 10.2 Å². The van der Waals surface area contributed by atoms with Crippen LogP contribution in [0.1, 0.15) is 0 Å². The first-order chi connectivity index (χ1) is 3.62. The standard InChI is InChI=1S/C2H8N2O3S/c1-3-8(5,6)4-7-2/h3-4H,1-2H3. The van der Waals surface area contributed by atoms with Crippen molar-refractivity contribution in [3.8, 4) is 0 Å². The Hall–Kier alpha value is -0.170. The molecule has 0 aliphatic rings. The van der Waals surface area contributed by atoms with Crippen LogP contribution < -0.4 is 9.61 Å². The lowest BCUT2D eigenvalue weighted by Gasteiger charge is -1.98. The minimum Gasteiger partial charge on any atom is -0.289 e. The van der Waals surface area contributed by atoms with Crippen LogP contribution in [0.25, 0.3) is 0 Å². The highest BCUT2D eigenvalue weighted by Crippen LogP contribution is 1.68. The normalized spacial score (nSPS) is 11.8. The maximum absolute atomic E-state index is 10.3. The Morgan fingerprint density at radius 3 is 2.12 bits per heavy atom. The largest absolute Gasteiger partial charge is 0.298 e. The van der Waals surface area contributed by atoms with E-state index in [0.29, 0.717) is 0 Å². The predicted octanol–water partition coefficient (Wildman–Crippen LogP) is -1.40. The highest BCUT2D eigenvalue weighted by molar-refractivity contribution is 7.87. The van der Waals surface area contributed by atoms with E-state index in [4.69, 9.17) is 0 Å². The third-order valence-corrected chi connectivity index (χ3v) is 1.39. The number of nitrogens with one attached hydrogen (secondary N) is 2. The molecule has 0 unspecified atom stereocenters. The molecule has 0 aromatic rings. The Balaban J connectivity index is 3.76. The Morgan fingerprint density at radius 1 is 1.50 bits per heavy atom. The second-order valence-corrected chi connectivity index (χ2v) is 2.58. The van der Waals surface area contributed by atoms with E-state index in [1.807, 2.05) is 4.72 Å². The van der Waals surface area contributed by atoms with E-state index in [0.717, 1.165) is 0 Å². The summed E-state index contributed by atoms with van der Waals surface area (Å²) in [4.78, 5) is 5.83. The van der Waals surface area contributed by atoms with Gasteiger partial charge in [0.05, 0.1) is 7.11 Å². The fourth-order valence-corrected chi connectivity index (χ4v) is 0.454. The lowest BCUT2D eigenvalue weighted by Crippen LogP contribution is -2.32. The Labute approximate surface area is 48.2 Å². The van der Waals surface area contributed by atoms with Crippen LogP contribution >= 0.6 is 0 Å². The molecule has 0 atom stereocenters. The number of rotatable bonds is 3. The fourth-order valence-electron chi connectivity index (χ4n) is 0.151. The summed E-state index contributed by atoms with van der Waals surface area (Å²) in [6.07, 6.45) is 0. The summed E-state index contributed by atoms with van der Waals surface area (Å²) in [6, 6.07) is 0. The van der Waals surface area contributed by atoms with Gasteiger partial charge in [-0.1, -0.05) is 4.89 Å². The highest BCUT2D eigenvalue weighted by Gasteiger charge is 2.00. The lowest BCUT2D eigenvalue weighted by atomic mass is 11.6. The van der Waals surface area contributed by atoms with Gasteiger partial charge in [-0.25, -0.2) is 4.72 Å². The predicted molar refractivity (Wildman–Crippen MR) is 28.1 cm³/mol. The van der Waals surface area contributed by atoms with Gasteiger partial charge in [-0.05, 0) is 0 Å². The summed E-state index contributed by atoms with van der Waals surface area (Å²) in [5.74, 6) is 0. The van der Waals surface area contributed by atoms with Crippen molar-refractivity contribution in [2.45, 2.75) is 0 Å². The highest BCUT2D eigenvalue weighted by atomic mass is 32.2. The zero-order valence-corrected chi connectivity index (χ0v) is 5.45. The molecule has 0 amide bonds. The van der Waals surface area contributed by atoms with Gasteiger partial charge in [-0.3, -0.25) is 4.84 Å². The molecule has 0 radical (unpaired) electrons. The van der Waals surface area contributed by atoms with Crippen LogP contribution in [0.4, 0.5) is 0 Å². The SMILES string of the molecule is CNS(=O)(=O)NOC. The van der Waals surface area contributed by atoms with Crippen molar-refractivity contribution < 1.29 is 13.3 Å². The van der Waals surface area contributed by atoms with Crippen molar-refractivity contribution in [2.75, 3.05) is 14.2 Å². The van der Waals surface area contributed by atoms with Crippen molar-refractivity contribution in [1.29, 1.82) is 0 Å². The maximum atomic E-state index is 10.3. The van der Waals surface area contributed by atoms with Gasteiger partial charge in [0.15, 0.2) is 0 Å². The van der Waals surface area contributed by atoms with Crippen molar-refractivity contribution in [2.24, 2.45) is 0 Å². The quantitative estimate of drug-likeness (QED) is 0.474. The van der Waals surface area contributed by atoms with Crippen LogP contribution in [0.5, 0.6) is 0 Å². The van der Waals surface area contributed by atoms with Crippen molar-refractivity contribution in [3.63, 3.8) is 0 Å². The van der Waals surface area contributed by atoms with Gasteiger partial charge in [0.2, 0.25) is 0 Å². The van der Waals surface area contributed by atoms with Gasteiger partial charge in [0, 0.05) is 7.05 Å². The monoisotopic (exact) mass is 140 g/mol. The Morgan fingerprint density at radius 2 is 2.00 bits per heavy atom. The third kappa shape index (κ3) is 2.92. The first-order valence-electron chi connectivity index (χ1n) is 1.85. The summed E-state index contributed by atoms with van der Waals surface area (Å²) >= 11 is 0. The Bertz CT molecular complexity index is 139. The van der Waals surface area contributed by atoms with Crippen molar-refractivity contribution in [1.82, 2.24) is 9.61 Å². The van der Waals surface area contributed by atoms with Gasteiger partial charge in [-0.2, -0.15) is 8.42 Å². The van der Waals surface area contributed by atoms with Gasteiger partial charge in [0.25, 0.3) is 10.2 Å². The van der Waals surface area contributed by atoms with Crippen LogP contribution in [0.2, 0.25) is 0 Å². The molecule has 6 heteroatoms. The molecule has 5 nitrogen and oxygen atoms in total. The van der Waals surface area contributed by atoms with Crippen LogP contribution in [-0.2, 0) is 15.0 Å². The Kier molecular flexibility index (Phi) is 2.91. The van der Waals surface area contributed by atoms with E-state index in [1.54, 1.807) is 4.89 Å². The molecular weight excluding hydrogens is 132 g/mol. The van der Waals surface area contributed by atoms with E-state index >= 15 is 0 Å². The number of hydrogen-bond acceptors (Lipinski definition) is 3. The zero-order chi connectivity index (χ0) is 6.62. The minimum atomic E-state index is -3.39. The van der Waals surface area contributed by atoms with Crippen LogP contribution in [0.3, 0.4) is 0 Å². The second kappa shape index (κ2) is 2.98. The molecule has 0 spiro atoms. The molecule has 0 rings (SSSR count). The summed E-state index contributed by atoms with van der Waals surface area (Å²) in [6.45, 7) is 0. The molecule has 0 bridgehead atoms. The lowest BCUT2D eigenvalue weighted by molar-refractivity contribution is 0.152. The van der Waals surface area contributed by atoms with E-state index in [9.17, 15) is 8.42 Å². The van der Waals surface area contributed by atoms with Crippen LogP contribution in [0.15, 0.2) is 0 Å². The van der Waals surface area contributed by atoms with Crippen molar-refractivity contribution in [3.05, 3.63) is 0 Å². The molecule has 0 fully saturated rings. The molecule has 8 heavy (non-hydrogen) atoms. The molecule has 0 aromatic carbocycles. The smallest absolute Gasteiger partial charge is 0.289 e. The van der Waals surface area contributed by atoms with Gasteiger partial charge in [-0.15, -0.1) is 0 Å². The molecule has 0 heterocycles. The first kappa shape index (κ1) is 7.83. The third-order valence-electron chi connectivity index (χ3n) is 0.462. The average Bonchev–Trinajstić information content (AvgIpc) is 1.67. The molecule has 2 N–H and O–H groups in total. The van der Waals surface area contributed by atoms with E-state index in [1.165, 1.54) is 14.2 Å². The van der Waals surface area contributed by atoms with Gasteiger partial charge < -0.3 is 0 Å². The summed E-state index contributed by atoms with van der Waals surface area (Å²) in [7, 11) is -0.896. The zero-order valence-electron chi connectivity index (χ0n) is 4.63. The van der Waals surface area contributed by atoms with Gasteiger partial charge >= 0.3 is 0 Å².